The zero-order valence-electron chi connectivity index (χ0n) is 30.9. The standard InChI is InChI=1S/C20H18ClF2N3O3.C18H14ClF2N3O4/c1-20(2,3)19(28)26-8-7-9-5-6-10(12(22)17(9)26)15-13(23)14(24)11(21)16(25-15)18(27)29-4;1-27-7-10(25)24-6-5-8-3-4-9(12(20)17(8)24)15-13(21)14(22)11(19)16(23-15)18(26)28-2/h5-8H,1-4H3,(H2,24,25);3-6H,7H2,1-2H3,(H2,22,23). The molecule has 0 fully saturated rings. The van der Waals surface area contributed by atoms with Gasteiger partial charge in [-0.1, -0.05) is 56.1 Å². The van der Waals surface area contributed by atoms with Gasteiger partial charge in [0.15, 0.2) is 34.7 Å². The van der Waals surface area contributed by atoms with E-state index in [-0.39, 0.29) is 34.7 Å². The molecule has 4 heterocycles. The maximum absolute atomic E-state index is 15.5. The van der Waals surface area contributed by atoms with E-state index in [1.807, 2.05) is 0 Å². The van der Waals surface area contributed by atoms with E-state index in [2.05, 4.69) is 19.4 Å². The normalized spacial score (nSPS) is 11.4. The molecule has 0 bridgehead atoms. The molecule has 0 radical (unpaired) electrons. The van der Waals surface area contributed by atoms with Crippen molar-refractivity contribution < 1.29 is 51.0 Å². The fraction of sp³-hybridized carbons (Fsp3) is 0.211. The third-order valence-electron chi connectivity index (χ3n) is 8.47. The number of esters is 2. The first-order valence-electron chi connectivity index (χ1n) is 16.4. The van der Waals surface area contributed by atoms with E-state index < -0.39 is 90.7 Å². The molecule has 298 valence electrons. The average Bonchev–Trinajstić information content (AvgIpc) is 3.82. The Morgan fingerprint density at radius 2 is 1.07 bits per heavy atom. The maximum Gasteiger partial charge on any atom is 0.358 e. The van der Waals surface area contributed by atoms with Gasteiger partial charge in [0.1, 0.15) is 18.0 Å². The van der Waals surface area contributed by atoms with Gasteiger partial charge in [0.05, 0.1) is 46.7 Å². The summed E-state index contributed by atoms with van der Waals surface area (Å²) in [4.78, 5) is 56.3. The monoisotopic (exact) mass is 830 g/mol. The van der Waals surface area contributed by atoms with Crippen molar-refractivity contribution in [3.05, 3.63) is 93.5 Å². The number of benzene rings is 2. The molecule has 0 aliphatic heterocycles. The summed E-state index contributed by atoms with van der Waals surface area (Å²) >= 11 is 11.8. The summed E-state index contributed by atoms with van der Waals surface area (Å²) in [5, 5.41) is -0.0141. The Morgan fingerprint density at radius 1 is 0.667 bits per heavy atom. The molecule has 0 atom stereocenters. The van der Waals surface area contributed by atoms with Crippen molar-refractivity contribution in [1.29, 1.82) is 0 Å². The first-order valence-corrected chi connectivity index (χ1v) is 17.2. The molecule has 0 spiro atoms. The molecule has 4 aromatic heterocycles. The van der Waals surface area contributed by atoms with Crippen LogP contribution in [0.1, 0.15) is 51.3 Å². The van der Waals surface area contributed by atoms with E-state index in [0.29, 0.717) is 10.8 Å². The molecule has 6 aromatic rings. The minimum Gasteiger partial charge on any atom is -0.464 e. The van der Waals surface area contributed by atoms with Crippen LogP contribution in [0.5, 0.6) is 0 Å². The van der Waals surface area contributed by atoms with Crippen LogP contribution in [0, 0.1) is 28.7 Å². The number of halogens is 6. The van der Waals surface area contributed by atoms with Crippen LogP contribution in [0.3, 0.4) is 0 Å². The number of anilines is 2. The fourth-order valence-corrected chi connectivity index (χ4v) is 6.02. The largest absolute Gasteiger partial charge is 0.464 e. The van der Waals surface area contributed by atoms with E-state index in [1.165, 1.54) is 54.4 Å². The van der Waals surface area contributed by atoms with Crippen LogP contribution < -0.4 is 11.5 Å². The van der Waals surface area contributed by atoms with Crippen molar-refractivity contribution >= 4 is 80.1 Å². The number of ether oxygens (including phenoxy) is 3. The Morgan fingerprint density at radius 3 is 1.46 bits per heavy atom. The van der Waals surface area contributed by atoms with Crippen molar-refractivity contribution in [3.8, 4) is 22.5 Å². The van der Waals surface area contributed by atoms with Gasteiger partial charge in [0, 0.05) is 46.8 Å². The van der Waals surface area contributed by atoms with Gasteiger partial charge in [-0.05, 0) is 24.3 Å². The molecular formula is C38H32Cl2F4N6O7. The molecule has 0 saturated carbocycles. The Kier molecular flexibility index (Phi) is 12.0. The number of hydrogen-bond acceptors (Lipinski definition) is 11. The molecule has 6 rings (SSSR count). The number of hydrogen-bond donors (Lipinski definition) is 2. The second kappa shape index (κ2) is 16.2. The lowest BCUT2D eigenvalue weighted by atomic mass is 9.95. The highest BCUT2D eigenvalue weighted by Gasteiger charge is 2.29. The van der Waals surface area contributed by atoms with Gasteiger partial charge in [0.2, 0.25) is 5.91 Å². The van der Waals surface area contributed by atoms with Crippen LogP contribution >= 0.6 is 23.2 Å². The summed E-state index contributed by atoms with van der Waals surface area (Å²) in [5.41, 5.74) is 6.73. The van der Waals surface area contributed by atoms with Crippen LogP contribution in [0.15, 0.2) is 48.8 Å². The van der Waals surface area contributed by atoms with E-state index in [0.717, 1.165) is 18.8 Å². The fourth-order valence-electron chi connectivity index (χ4n) is 5.62. The van der Waals surface area contributed by atoms with Crippen LogP contribution in [0.4, 0.5) is 28.9 Å². The summed E-state index contributed by atoms with van der Waals surface area (Å²) in [6.45, 7) is 4.83. The molecule has 0 aliphatic carbocycles. The highest BCUT2D eigenvalue weighted by molar-refractivity contribution is 6.36. The van der Waals surface area contributed by atoms with Gasteiger partial charge in [-0.3, -0.25) is 18.7 Å². The van der Waals surface area contributed by atoms with Crippen molar-refractivity contribution in [2.75, 3.05) is 39.4 Å². The molecule has 57 heavy (non-hydrogen) atoms. The number of rotatable bonds is 6. The minimum absolute atomic E-state index is 0.0308. The van der Waals surface area contributed by atoms with Gasteiger partial charge in [-0.25, -0.2) is 37.1 Å². The summed E-state index contributed by atoms with van der Waals surface area (Å²) in [6.07, 6.45) is 2.82. The van der Waals surface area contributed by atoms with Crippen LogP contribution in [0.2, 0.25) is 10.0 Å². The first-order chi connectivity index (χ1) is 26.8. The molecule has 0 saturated heterocycles. The summed E-state index contributed by atoms with van der Waals surface area (Å²) in [7, 11) is 3.51. The highest BCUT2D eigenvalue weighted by atomic mass is 35.5. The van der Waals surface area contributed by atoms with Gasteiger partial charge < -0.3 is 25.7 Å². The lowest BCUT2D eigenvalue weighted by Crippen LogP contribution is -2.26. The van der Waals surface area contributed by atoms with Gasteiger partial charge in [-0.15, -0.1) is 0 Å². The Bertz CT molecular complexity index is 2640. The SMILES string of the molecule is COC(=O)c1nc(-c2ccc3ccn(C(=O)C(C)(C)C)c3c2F)c(F)c(N)c1Cl.COCC(=O)n1ccc2ccc(-c3nc(C(=O)OC)c(Cl)c(N)c3F)c(F)c21. The molecule has 2 aromatic carbocycles. The molecule has 4 N–H and O–H groups in total. The number of fused-ring (bicyclic) bond motifs is 2. The number of nitrogens with two attached hydrogens (primary N) is 2. The smallest absolute Gasteiger partial charge is 0.358 e. The molecule has 13 nitrogen and oxygen atoms in total. The second-order valence-corrected chi connectivity index (χ2v) is 13.9. The van der Waals surface area contributed by atoms with Crippen molar-refractivity contribution in [2.45, 2.75) is 20.8 Å². The quantitative estimate of drug-likeness (QED) is 0.123. The zero-order valence-corrected chi connectivity index (χ0v) is 32.4. The van der Waals surface area contributed by atoms with Gasteiger partial charge in [-0.2, -0.15) is 0 Å². The Labute approximate surface area is 331 Å². The Hall–Kier alpha value is -6.04. The van der Waals surface area contributed by atoms with E-state index in [4.69, 9.17) is 39.4 Å². The summed E-state index contributed by atoms with van der Waals surface area (Å²) < 4.78 is 76.3. The molecule has 0 aliphatic rings. The van der Waals surface area contributed by atoms with Crippen LogP contribution in [-0.4, -0.2) is 70.8 Å². The third kappa shape index (κ3) is 7.60. The van der Waals surface area contributed by atoms with Crippen molar-refractivity contribution in [3.63, 3.8) is 0 Å². The summed E-state index contributed by atoms with van der Waals surface area (Å²) in [5.74, 6) is -6.76. The molecule has 19 heteroatoms. The predicted molar refractivity (Wildman–Crippen MR) is 204 cm³/mol. The van der Waals surface area contributed by atoms with Crippen molar-refractivity contribution in [1.82, 2.24) is 19.1 Å². The van der Waals surface area contributed by atoms with Crippen molar-refractivity contribution in [2.24, 2.45) is 5.41 Å². The summed E-state index contributed by atoms with van der Waals surface area (Å²) in [6, 6.07) is 8.66. The highest BCUT2D eigenvalue weighted by Crippen LogP contribution is 2.38. The number of nitrogen functional groups attached to an aromatic ring is 2. The maximum atomic E-state index is 15.5. The first kappa shape index (κ1) is 42.1. The Balaban J connectivity index is 0.000000218. The van der Waals surface area contributed by atoms with Gasteiger partial charge in [0.25, 0.3) is 5.91 Å². The average molecular weight is 832 g/mol. The minimum atomic E-state index is -1.10. The number of methoxy groups -OCH3 is 3. The van der Waals surface area contributed by atoms with Crippen LogP contribution in [0.25, 0.3) is 44.3 Å². The van der Waals surface area contributed by atoms with E-state index in [1.54, 1.807) is 26.8 Å². The third-order valence-corrected chi connectivity index (χ3v) is 9.24. The van der Waals surface area contributed by atoms with E-state index in [9.17, 15) is 28.0 Å². The molecule has 0 amide bonds. The lowest BCUT2D eigenvalue weighted by molar-refractivity contribution is 0.0585. The number of nitrogens with zero attached hydrogens (tertiary/aromatic N) is 4. The zero-order chi connectivity index (χ0) is 42.3. The lowest BCUT2D eigenvalue weighted by Gasteiger charge is -2.18. The number of aromatic nitrogens is 4. The predicted octanol–water partition coefficient (Wildman–Crippen LogP) is 7.98. The number of carbonyl (C=O) groups is 4. The van der Waals surface area contributed by atoms with Gasteiger partial charge >= 0.3 is 11.9 Å². The second-order valence-electron chi connectivity index (χ2n) is 13.2. The number of carbonyl (C=O) groups excluding carboxylic acids is 4. The van der Waals surface area contributed by atoms with E-state index >= 15 is 8.78 Å². The molecule has 0 unspecified atom stereocenters. The topological polar surface area (TPSA) is 184 Å². The number of pyridine rings is 2. The molecular weight excluding hydrogens is 799 g/mol. The van der Waals surface area contributed by atoms with Crippen LogP contribution in [-0.2, 0) is 14.2 Å².